The van der Waals surface area contributed by atoms with Crippen molar-refractivity contribution in [3.63, 3.8) is 0 Å². The molecule has 2 aromatic rings. The molecule has 0 radical (unpaired) electrons. The first kappa shape index (κ1) is 25.6. The number of amides is 1. The SMILES string of the molecule is CC(C)(C)OC(=O)NC1[C@@H]2CC3C[C@H]1CC(CNc1nc(NCc4ccc(Cl)cc4)ncc1C#N)(C3)C2. The second kappa shape index (κ2) is 10.0. The smallest absolute Gasteiger partial charge is 0.407 e. The van der Waals surface area contributed by atoms with Crippen molar-refractivity contribution in [3.05, 3.63) is 46.6 Å². The Balaban J connectivity index is 1.23. The van der Waals surface area contributed by atoms with Crippen LogP contribution in [0.25, 0.3) is 0 Å². The first-order chi connectivity index (χ1) is 17.6. The highest BCUT2D eigenvalue weighted by Gasteiger charge is 2.55. The van der Waals surface area contributed by atoms with E-state index in [-0.39, 0.29) is 17.6 Å². The van der Waals surface area contributed by atoms with Gasteiger partial charge in [0, 0.05) is 24.2 Å². The van der Waals surface area contributed by atoms with Gasteiger partial charge < -0.3 is 20.7 Å². The first-order valence-corrected chi connectivity index (χ1v) is 13.5. The molecule has 8 nitrogen and oxygen atoms in total. The summed E-state index contributed by atoms with van der Waals surface area (Å²) in [5.41, 5.74) is 1.15. The molecule has 1 heterocycles. The van der Waals surface area contributed by atoms with Crippen LogP contribution in [0.4, 0.5) is 16.6 Å². The minimum atomic E-state index is -0.500. The summed E-state index contributed by atoms with van der Waals surface area (Å²) < 4.78 is 5.55. The number of ether oxygens (including phenoxy) is 1. The van der Waals surface area contributed by atoms with Gasteiger partial charge in [-0.15, -0.1) is 0 Å². The van der Waals surface area contributed by atoms with Gasteiger partial charge in [0.1, 0.15) is 23.1 Å². The predicted octanol–water partition coefficient (Wildman–Crippen LogP) is 5.75. The quantitative estimate of drug-likeness (QED) is 0.424. The number of benzene rings is 1. The zero-order valence-electron chi connectivity index (χ0n) is 21.7. The van der Waals surface area contributed by atoms with Crippen molar-refractivity contribution in [2.45, 2.75) is 71.1 Å². The Bertz CT molecular complexity index is 1170. The van der Waals surface area contributed by atoms with Crippen molar-refractivity contribution >= 4 is 29.5 Å². The van der Waals surface area contributed by atoms with E-state index in [0.29, 0.717) is 46.7 Å². The maximum absolute atomic E-state index is 12.5. The monoisotopic (exact) mass is 522 g/mol. The molecule has 1 aromatic heterocycles. The number of halogens is 1. The Morgan fingerprint density at radius 3 is 2.51 bits per heavy atom. The van der Waals surface area contributed by atoms with Crippen LogP contribution in [0.1, 0.15) is 64.0 Å². The van der Waals surface area contributed by atoms with Gasteiger partial charge in [0.15, 0.2) is 0 Å². The Labute approximate surface area is 223 Å². The summed E-state index contributed by atoms with van der Waals surface area (Å²) in [6, 6.07) is 10.0. The summed E-state index contributed by atoms with van der Waals surface area (Å²) in [6.07, 6.45) is 6.88. The van der Waals surface area contributed by atoms with Crippen LogP contribution in [0.3, 0.4) is 0 Å². The summed E-state index contributed by atoms with van der Waals surface area (Å²) in [5.74, 6) is 2.64. The number of nitrogens with one attached hydrogen (secondary N) is 3. The van der Waals surface area contributed by atoms with Crippen LogP contribution >= 0.6 is 11.6 Å². The summed E-state index contributed by atoms with van der Waals surface area (Å²) in [6.45, 7) is 7.00. The van der Waals surface area contributed by atoms with Crippen molar-refractivity contribution in [1.82, 2.24) is 15.3 Å². The lowest BCUT2D eigenvalue weighted by Gasteiger charge is -2.60. The lowest BCUT2D eigenvalue weighted by molar-refractivity contribution is -0.0703. The lowest BCUT2D eigenvalue weighted by Crippen LogP contribution is -2.60. The summed E-state index contributed by atoms with van der Waals surface area (Å²) in [7, 11) is 0. The van der Waals surface area contributed by atoms with E-state index in [0.717, 1.165) is 37.8 Å². The van der Waals surface area contributed by atoms with E-state index in [1.54, 1.807) is 6.20 Å². The van der Waals surface area contributed by atoms with Crippen molar-refractivity contribution < 1.29 is 9.53 Å². The van der Waals surface area contributed by atoms with E-state index in [1.165, 1.54) is 6.42 Å². The highest BCUT2D eigenvalue weighted by Crippen LogP contribution is 2.60. The molecule has 6 rings (SSSR count). The van der Waals surface area contributed by atoms with Crippen LogP contribution in [0, 0.1) is 34.5 Å². The van der Waals surface area contributed by atoms with Gasteiger partial charge in [-0.05, 0) is 93.7 Å². The molecule has 4 bridgehead atoms. The molecule has 4 aliphatic carbocycles. The highest BCUT2D eigenvalue weighted by atomic mass is 35.5. The van der Waals surface area contributed by atoms with Crippen molar-refractivity contribution in [2.75, 3.05) is 17.2 Å². The third-order valence-corrected chi connectivity index (χ3v) is 8.24. The zero-order chi connectivity index (χ0) is 26.2. The van der Waals surface area contributed by atoms with Crippen LogP contribution in [0.5, 0.6) is 0 Å². The van der Waals surface area contributed by atoms with Gasteiger partial charge in [0.05, 0.1) is 6.20 Å². The van der Waals surface area contributed by atoms with E-state index < -0.39 is 5.60 Å². The number of hydrogen-bond donors (Lipinski definition) is 3. The highest BCUT2D eigenvalue weighted by molar-refractivity contribution is 6.30. The molecule has 1 amide bonds. The molecule has 1 aromatic carbocycles. The molecule has 9 heteroatoms. The fraction of sp³-hybridized carbons (Fsp3) is 0.571. The molecule has 196 valence electrons. The number of nitriles is 1. The van der Waals surface area contributed by atoms with Crippen LogP contribution in [0.2, 0.25) is 5.02 Å². The fourth-order valence-electron chi connectivity index (χ4n) is 6.83. The van der Waals surface area contributed by atoms with Gasteiger partial charge in [-0.1, -0.05) is 23.7 Å². The third-order valence-electron chi connectivity index (χ3n) is 7.99. The number of alkyl carbamates (subject to hydrolysis) is 1. The normalized spacial score (nSPS) is 27.9. The van der Waals surface area contributed by atoms with Gasteiger partial charge >= 0.3 is 6.09 Å². The molecule has 3 N–H and O–H groups in total. The first-order valence-electron chi connectivity index (χ1n) is 13.1. The molecule has 3 unspecified atom stereocenters. The molecule has 4 aliphatic rings. The van der Waals surface area contributed by atoms with Crippen LogP contribution in [-0.2, 0) is 11.3 Å². The summed E-state index contributed by atoms with van der Waals surface area (Å²) >= 11 is 5.97. The van der Waals surface area contributed by atoms with E-state index in [1.807, 2.05) is 45.0 Å². The van der Waals surface area contributed by atoms with Gasteiger partial charge in [0.25, 0.3) is 0 Å². The maximum Gasteiger partial charge on any atom is 0.407 e. The second-order valence-corrected chi connectivity index (χ2v) is 12.5. The van der Waals surface area contributed by atoms with E-state index in [2.05, 4.69) is 32.0 Å². The zero-order valence-corrected chi connectivity index (χ0v) is 22.4. The van der Waals surface area contributed by atoms with Gasteiger partial charge in [-0.3, -0.25) is 0 Å². The molecule has 0 aliphatic heterocycles. The standard InChI is InChI=1S/C28H35ClN6O2/c1-27(2,3)37-26(36)34-23-19-8-18-9-20(23)12-28(10-18,11-19)16-33-24-21(13-30)15-32-25(35-24)31-14-17-4-6-22(29)7-5-17/h4-7,15,18-20,23H,8-12,14,16H2,1-3H3,(H,34,36)(H2,31,32,33,35)/t18?,19-,20+,23?,28?. The number of rotatable bonds is 7. The van der Waals surface area contributed by atoms with Crippen molar-refractivity contribution in [1.29, 1.82) is 5.26 Å². The topological polar surface area (TPSA) is 112 Å². The predicted molar refractivity (Wildman–Crippen MR) is 143 cm³/mol. The molecular weight excluding hydrogens is 488 g/mol. The van der Waals surface area contributed by atoms with E-state index in [4.69, 9.17) is 16.3 Å². The Hall–Kier alpha value is -3.05. The average molecular weight is 523 g/mol. The number of carbonyl (C=O) groups is 1. The Morgan fingerprint density at radius 1 is 1.16 bits per heavy atom. The molecule has 37 heavy (non-hydrogen) atoms. The third kappa shape index (κ3) is 5.93. The Kier molecular flexibility index (Phi) is 6.93. The van der Waals surface area contributed by atoms with Crippen molar-refractivity contribution in [3.8, 4) is 6.07 Å². The summed E-state index contributed by atoms with van der Waals surface area (Å²) in [4.78, 5) is 21.4. The minimum absolute atomic E-state index is 0.150. The summed E-state index contributed by atoms with van der Waals surface area (Å²) in [5, 5.41) is 20.3. The van der Waals surface area contributed by atoms with Gasteiger partial charge in [-0.25, -0.2) is 9.78 Å². The number of aromatic nitrogens is 2. The minimum Gasteiger partial charge on any atom is -0.444 e. The molecule has 0 saturated heterocycles. The maximum atomic E-state index is 12.5. The van der Waals surface area contributed by atoms with E-state index in [9.17, 15) is 10.1 Å². The van der Waals surface area contributed by atoms with Gasteiger partial charge in [-0.2, -0.15) is 10.2 Å². The number of nitrogens with zero attached hydrogens (tertiary/aromatic N) is 3. The van der Waals surface area contributed by atoms with E-state index >= 15 is 0 Å². The number of anilines is 2. The number of carbonyl (C=O) groups excluding carboxylic acids is 1. The van der Waals surface area contributed by atoms with Crippen LogP contribution in [0.15, 0.2) is 30.5 Å². The fourth-order valence-corrected chi connectivity index (χ4v) is 6.95. The lowest BCUT2D eigenvalue weighted by atomic mass is 9.48. The molecular formula is C28H35ClN6O2. The molecule has 4 saturated carbocycles. The van der Waals surface area contributed by atoms with Crippen molar-refractivity contribution in [2.24, 2.45) is 23.2 Å². The molecule has 4 fully saturated rings. The molecule has 5 atom stereocenters. The second-order valence-electron chi connectivity index (χ2n) is 12.0. The largest absolute Gasteiger partial charge is 0.444 e. The Morgan fingerprint density at radius 2 is 1.86 bits per heavy atom. The van der Waals surface area contributed by atoms with Crippen LogP contribution in [-0.4, -0.2) is 34.2 Å². The van der Waals surface area contributed by atoms with Crippen LogP contribution < -0.4 is 16.0 Å². The van der Waals surface area contributed by atoms with Gasteiger partial charge in [0.2, 0.25) is 5.95 Å². The average Bonchev–Trinajstić information content (AvgIpc) is 2.83. The molecule has 0 spiro atoms. The number of hydrogen-bond acceptors (Lipinski definition) is 7.